The zero-order valence-electron chi connectivity index (χ0n) is 11.7. The van der Waals surface area contributed by atoms with Crippen molar-refractivity contribution in [2.75, 3.05) is 13.2 Å². The van der Waals surface area contributed by atoms with Crippen LogP contribution < -0.4 is 5.56 Å². The lowest BCUT2D eigenvalue weighted by molar-refractivity contribution is 0.0309. The van der Waals surface area contributed by atoms with E-state index in [1.54, 1.807) is 18.2 Å². The summed E-state index contributed by atoms with van der Waals surface area (Å²) in [6.07, 6.45) is -0.842. The van der Waals surface area contributed by atoms with Gasteiger partial charge in [-0.3, -0.25) is 4.79 Å². The van der Waals surface area contributed by atoms with Crippen LogP contribution in [0.1, 0.15) is 6.92 Å². The average molecular weight is 292 g/mol. The molecule has 1 N–H and O–H groups in total. The van der Waals surface area contributed by atoms with Crippen LogP contribution >= 0.6 is 0 Å². The van der Waals surface area contributed by atoms with Crippen molar-refractivity contribution in [3.05, 3.63) is 52.6 Å². The highest BCUT2D eigenvalue weighted by Crippen LogP contribution is 2.18. The van der Waals surface area contributed by atoms with E-state index in [0.29, 0.717) is 17.9 Å². The van der Waals surface area contributed by atoms with Gasteiger partial charge in [0.2, 0.25) is 0 Å². The average Bonchev–Trinajstić information content (AvgIpc) is 2.48. The van der Waals surface area contributed by atoms with Gasteiger partial charge in [0.1, 0.15) is 5.82 Å². The van der Waals surface area contributed by atoms with Crippen molar-refractivity contribution >= 4 is 0 Å². The Morgan fingerprint density at radius 2 is 2.10 bits per heavy atom. The van der Waals surface area contributed by atoms with Crippen molar-refractivity contribution in [2.24, 2.45) is 0 Å². The summed E-state index contributed by atoms with van der Waals surface area (Å²) in [6.45, 7) is 2.42. The lowest BCUT2D eigenvalue weighted by Gasteiger charge is -2.12. The molecule has 0 fully saturated rings. The molecule has 0 radical (unpaired) electrons. The summed E-state index contributed by atoms with van der Waals surface area (Å²) in [7, 11) is 0. The van der Waals surface area contributed by atoms with E-state index in [1.807, 2.05) is 6.92 Å². The number of aliphatic hydroxyl groups excluding tert-OH is 1. The van der Waals surface area contributed by atoms with Gasteiger partial charge >= 0.3 is 0 Å². The number of hydrogen-bond acceptors (Lipinski definition) is 4. The van der Waals surface area contributed by atoms with Gasteiger partial charge in [0.15, 0.2) is 0 Å². The Balaban J connectivity index is 2.26. The third kappa shape index (κ3) is 3.96. The molecule has 6 heteroatoms. The van der Waals surface area contributed by atoms with Crippen LogP contribution in [0.3, 0.4) is 0 Å². The lowest BCUT2D eigenvalue weighted by Crippen LogP contribution is -2.31. The fraction of sp³-hybridized carbons (Fsp3) is 0.333. The monoisotopic (exact) mass is 292 g/mol. The van der Waals surface area contributed by atoms with E-state index < -0.39 is 11.9 Å². The SMILES string of the molecule is CCOC[C@@H](O)Cn1nc(-c2ccccc2F)ccc1=O. The Labute approximate surface area is 121 Å². The molecular weight excluding hydrogens is 275 g/mol. The number of hydrogen-bond donors (Lipinski definition) is 1. The second kappa shape index (κ2) is 7.10. The molecule has 5 nitrogen and oxygen atoms in total. The first kappa shape index (κ1) is 15.3. The van der Waals surface area contributed by atoms with Gasteiger partial charge in [-0.25, -0.2) is 9.07 Å². The lowest BCUT2D eigenvalue weighted by atomic mass is 10.1. The number of halogens is 1. The summed E-state index contributed by atoms with van der Waals surface area (Å²) in [5.74, 6) is -0.412. The highest BCUT2D eigenvalue weighted by molar-refractivity contribution is 5.58. The van der Waals surface area contributed by atoms with Crippen LogP contribution in [-0.2, 0) is 11.3 Å². The van der Waals surface area contributed by atoms with Crippen molar-refractivity contribution in [1.29, 1.82) is 0 Å². The minimum absolute atomic E-state index is 0.00112. The summed E-state index contributed by atoms with van der Waals surface area (Å²) in [4.78, 5) is 11.8. The van der Waals surface area contributed by atoms with Crippen LogP contribution in [-0.4, -0.2) is 34.2 Å². The number of rotatable bonds is 6. The summed E-state index contributed by atoms with van der Waals surface area (Å²) >= 11 is 0. The quantitative estimate of drug-likeness (QED) is 0.875. The zero-order valence-corrected chi connectivity index (χ0v) is 11.7. The minimum Gasteiger partial charge on any atom is -0.389 e. The van der Waals surface area contributed by atoms with Crippen LogP contribution in [0.25, 0.3) is 11.3 Å². The van der Waals surface area contributed by atoms with Crippen LogP contribution in [0.4, 0.5) is 4.39 Å². The fourth-order valence-corrected chi connectivity index (χ4v) is 1.90. The molecule has 1 heterocycles. The molecular formula is C15H17FN2O3. The second-order valence-electron chi connectivity index (χ2n) is 4.53. The van der Waals surface area contributed by atoms with Crippen molar-refractivity contribution in [1.82, 2.24) is 9.78 Å². The third-order valence-corrected chi connectivity index (χ3v) is 2.91. The Morgan fingerprint density at radius 3 is 2.81 bits per heavy atom. The molecule has 0 aliphatic heterocycles. The standard InChI is InChI=1S/C15H17FN2O3/c1-2-21-10-11(19)9-18-15(20)8-7-14(17-18)12-5-3-4-6-13(12)16/h3-8,11,19H,2,9-10H2,1H3/t11-/m0/s1. The van der Waals surface area contributed by atoms with Crippen LogP contribution in [0.15, 0.2) is 41.2 Å². The maximum atomic E-state index is 13.7. The first-order chi connectivity index (χ1) is 10.1. The van der Waals surface area contributed by atoms with Gasteiger partial charge in [-0.1, -0.05) is 12.1 Å². The summed E-state index contributed by atoms with van der Waals surface area (Å²) in [5.41, 5.74) is 0.299. The zero-order chi connectivity index (χ0) is 15.2. The molecule has 0 bridgehead atoms. The third-order valence-electron chi connectivity index (χ3n) is 2.91. The summed E-state index contributed by atoms with van der Waals surface area (Å²) in [5, 5.41) is 13.9. The van der Waals surface area contributed by atoms with Crippen molar-refractivity contribution in [3.8, 4) is 11.3 Å². The van der Waals surface area contributed by atoms with E-state index in [0.717, 1.165) is 4.68 Å². The van der Waals surface area contributed by atoms with E-state index in [9.17, 15) is 14.3 Å². The van der Waals surface area contributed by atoms with Crippen LogP contribution in [0.5, 0.6) is 0 Å². The van der Waals surface area contributed by atoms with Gasteiger partial charge < -0.3 is 9.84 Å². The number of nitrogens with zero attached hydrogens (tertiary/aromatic N) is 2. The molecule has 21 heavy (non-hydrogen) atoms. The van der Waals surface area contributed by atoms with E-state index in [1.165, 1.54) is 18.2 Å². The Kier molecular flexibility index (Phi) is 5.19. The Bertz CT molecular complexity index is 657. The molecule has 0 saturated heterocycles. The first-order valence-electron chi connectivity index (χ1n) is 6.70. The Hall–Kier alpha value is -2.05. The molecule has 1 aromatic heterocycles. The number of benzene rings is 1. The summed E-state index contributed by atoms with van der Waals surface area (Å²) < 4.78 is 19.9. The number of aromatic nitrogens is 2. The van der Waals surface area contributed by atoms with Crippen molar-refractivity contribution < 1.29 is 14.2 Å². The fourth-order valence-electron chi connectivity index (χ4n) is 1.90. The predicted molar refractivity (Wildman–Crippen MR) is 76.4 cm³/mol. The van der Waals surface area contributed by atoms with Gasteiger partial charge in [-0.2, -0.15) is 5.10 Å². The predicted octanol–water partition coefficient (Wildman–Crippen LogP) is 1.45. The molecule has 0 spiro atoms. The van der Waals surface area contributed by atoms with Crippen LogP contribution in [0.2, 0.25) is 0 Å². The van der Waals surface area contributed by atoms with Crippen molar-refractivity contribution in [3.63, 3.8) is 0 Å². The van der Waals surface area contributed by atoms with Crippen molar-refractivity contribution in [2.45, 2.75) is 19.6 Å². The van der Waals surface area contributed by atoms with Gasteiger partial charge in [0.25, 0.3) is 5.56 Å². The van der Waals surface area contributed by atoms with Gasteiger partial charge in [0, 0.05) is 18.2 Å². The maximum Gasteiger partial charge on any atom is 0.266 e. The molecule has 0 saturated carbocycles. The topological polar surface area (TPSA) is 64.3 Å². The molecule has 0 unspecified atom stereocenters. The highest BCUT2D eigenvalue weighted by atomic mass is 19.1. The first-order valence-corrected chi connectivity index (χ1v) is 6.70. The summed E-state index contributed by atoms with van der Waals surface area (Å²) in [6, 6.07) is 8.97. The maximum absolute atomic E-state index is 13.7. The molecule has 0 aliphatic rings. The molecule has 0 amide bonds. The largest absolute Gasteiger partial charge is 0.389 e. The normalized spacial score (nSPS) is 12.3. The van der Waals surface area contributed by atoms with Gasteiger partial charge in [-0.05, 0) is 25.1 Å². The molecule has 1 atom stereocenters. The Morgan fingerprint density at radius 1 is 1.33 bits per heavy atom. The van der Waals surface area contributed by atoms with E-state index >= 15 is 0 Å². The van der Waals surface area contributed by atoms with Crippen LogP contribution in [0, 0.1) is 5.82 Å². The van der Waals surface area contributed by atoms with E-state index in [4.69, 9.17) is 4.74 Å². The second-order valence-corrected chi connectivity index (χ2v) is 4.53. The molecule has 0 aliphatic carbocycles. The van der Waals surface area contributed by atoms with Gasteiger partial charge in [0.05, 0.1) is 24.9 Å². The van der Waals surface area contributed by atoms with E-state index in [2.05, 4.69) is 5.10 Å². The van der Waals surface area contributed by atoms with E-state index in [-0.39, 0.29) is 18.7 Å². The minimum atomic E-state index is -0.842. The molecule has 2 aromatic rings. The van der Waals surface area contributed by atoms with Gasteiger partial charge in [-0.15, -0.1) is 0 Å². The smallest absolute Gasteiger partial charge is 0.266 e. The molecule has 2 rings (SSSR count). The number of aliphatic hydroxyl groups is 1. The molecule has 112 valence electrons. The highest BCUT2D eigenvalue weighted by Gasteiger charge is 2.11. The number of ether oxygens (including phenoxy) is 1. The molecule has 1 aromatic carbocycles.